The molecule has 0 amide bonds. The van der Waals surface area contributed by atoms with E-state index in [-0.39, 0.29) is 0 Å². The molecular weight excluding hydrogens is 270 g/mol. The molecule has 0 aliphatic carbocycles. The van der Waals surface area contributed by atoms with Crippen molar-refractivity contribution in [2.45, 2.75) is 18.3 Å². The second-order valence-electron chi connectivity index (χ2n) is 4.14. The molecule has 4 heteroatoms. The van der Waals surface area contributed by atoms with E-state index in [1.54, 1.807) is 0 Å². The van der Waals surface area contributed by atoms with Crippen molar-refractivity contribution in [3.8, 4) is 0 Å². The first-order chi connectivity index (χ1) is 7.65. The van der Waals surface area contributed by atoms with Crippen LogP contribution in [0.5, 0.6) is 0 Å². The molecule has 0 bridgehead atoms. The van der Waals surface area contributed by atoms with Crippen molar-refractivity contribution in [1.29, 1.82) is 0 Å². The Morgan fingerprint density at radius 2 is 1.81 bits per heavy atom. The van der Waals surface area contributed by atoms with Crippen molar-refractivity contribution in [2.75, 3.05) is 13.1 Å². The van der Waals surface area contributed by atoms with E-state index < -0.39 is 11.4 Å². The molecule has 1 fully saturated rings. The van der Waals surface area contributed by atoms with Gasteiger partial charge in [-0.15, -0.1) is 0 Å². The van der Waals surface area contributed by atoms with E-state index in [9.17, 15) is 9.90 Å². The molecular formula is C12H14BrNO2. The molecule has 0 aromatic heterocycles. The van der Waals surface area contributed by atoms with E-state index >= 15 is 0 Å². The SMILES string of the molecule is O=C(O)C1(c2ccc(Br)cc2)CCNCC1. The normalized spacial score (nSPS) is 19.3. The summed E-state index contributed by atoms with van der Waals surface area (Å²) in [5.74, 6) is -0.712. The summed E-state index contributed by atoms with van der Waals surface area (Å²) in [6.45, 7) is 1.53. The maximum absolute atomic E-state index is 11.5. The fourth-order valence-electron chi connectivity index (χ4n) is 2.25. The van der Waals surface area contributed by atoms with Crippen LogP contribution in [0.4, 0.5) is 0 Å². The summed E-state index contributed by atoms with van der Waals surface area (Å²) in [5.41, 5.74) is 0.205. The Balaban J connectivity index is 2.38. The molecule has 1 saturated heterocycles. The van der Waals surface area contributed by atoms with E-state index in [4.69, 9.17) is 0 Å². The van der Waals surface area contributed by atoms with Crippen molar-refractivity contribution in [3.63, 3.8) is 0 Å². The summed E-state index contributed by atoms with van der Waals surface area (Å²) in [7, 11) is 0. The molecule has 86 valence electrons. The van der Waals surface area contributed by atoms with Gasteiger partial charge in [0.15, 0.2) is 0 Å². The van der Waals surface area contributed by atoms with E-state index in [0.29, 0.717) is 12.8 Å². The highest BCUT2D eigenvalue weighted by atomic mass is 79.9. The highest BCUT2D eigenvalue weighted by Crippen LogP contribution is 2.34. The average Bonchev–Trinajstić information content (AvgIpc) is 2.30. The summed E-state index contributed by atoms with van der Waals surface area (Å²) in [6, 6.07) is 7.62. The third kappa shape index (κ3) is 1.99. The van der Waals surface area contributed by atoms with Crippen LogP contribution in [-0.4, -0.2) is 24.2 Å². The number of carboxylic acid groups (broad SMARTS) is 1. The van der Waals surface area contributed by atoms with Gasteiger partial charge < -0.3 is 10.4 Å². The quantitative estimate of drug-likeness (QED) is 0.875. The summed E-state index contributed by atoms with van der Waals surface area (Å²) in [4.78, 5) is 11.5. The van der Waals surface area contributed by atoms with E-state index in [1.165, 1.54) is 0 Å². The van der Waals surface area contributed by atoms with Crippen LogP contribution in [0.3, 0.4) is 0 Å². The molecule has 0 saturated carbocycles. The van der Waals surface area contributed by atoms with Gasteiger partial charge in [0.25, 0.3) is 0 Å². The van der Waals surface area contributed by atoms with Crippen LogP contribution in [0.25, 0.3) is 0 Å². The molecule has 1 aliphatic heterocycles. The first-order valence-electron chi connectivity index (χ1n) is 5.35. The molecule has 3 nitrogen and oxygen atoms in total. The maximum Gasteiger partial charge on any atom is 0.314 e. The van der Waals surface area contributed by atoms with Crippen molar-refractivity contribution < 1.29 is 9.90 Å². The average molecular weight is 284 g/mol. The summed E-state index contributed by atoms with van der Waals surface area (Å²) in [6.07, 6.45) is 1.31. The number of hydrogen-bond acceptors (Lipinski definition) is 2. The van der Waals surface area contributed by atoms with E-state index in [2.05, 4.69) is 21.2 Å². The number of carboxylic acids is 1. The zero-order valence-corrected chi connectivity index (χ0v) is 10.5. The molecule has 1 aliphatic rings. The first kappa shape index (κ1) is 11.6. The van der Waals surface area contributed by atoms with Crippen LogP contribution in [0.15, 0.2) is 28.7 Å². The summed E-state index contributed by atoms with van der Waals surface area (Å²) < 4.78 is 0.978. The van der Waals surface area contributed by atoms with Gasteiger partial charge in [-0.25, -0.2) is 0 Å². The third-order valence-electron chi connectivity index (χ3n) is 3.26. The molecule has 0 radical (unpaired) electrons. The lowest BCUT2D eigenvalue weighted by Crippen LogP contribution is -2.45. The number of rotatable bonds is 2. The lowest BCUT2D eigenvalue weighted by atomic mass is 9.73. The van der Waals surface area contributed by atoms with Crippen LogP contribution in [0.2, 0.25) is 0 Å². The predicted octanol–water partition coefficient (Wildman–Crippen LogP) is 2.15. The molecule has 1 aromatic carbocycles. The van der Waals surface area contributed by atoms with Gasteiger partial charge in [0.1, 0.15) is 0 Å². The number of hydrogen-bond donors (Lipinski definition) is 2. The number of aliphatic carboxylic acids is 1. The number of nitrogens with one attached hydrogen (secondary N) is 1. The molecule has 0 unspecified atom stereocenters. The predicted molar refractivity (Wildman–Crippen MR) is 65.6 cm³/mol. The molecule has 1 heterocycles. The zero-order chi connectivity index (χ0) is 11.6. The Hall–Kier alpha value is -0.870. The Morgan fingerprint density at radius 3 is 2.31 bits per heavy atom. The molecule has 0 spiro atoms. The van der Waals surface area contributed by atoms with Gasteiger partial charge in [-0.2, -0.15) is 0 Å². The van der Waals surface area contributed by atoms with Gasteiger partial charge in [-0.1, -0.05) is 28.1 Å². The van der Waals surface area contributed by atoms with E-state index in [1.807, 2.05) is 24.3 Å². The summed E-state index contributed by atoms with van der Waals surface area (Å²) >= 11 is 3.36. The summed E-state index contributed by atoms with van der Waals surface area (Å²) in [5, 5.41) is 12.7. The Bertz CT molecular complexity index is 383. The molecule has 2 rings (SSSR count). The standard InChI is InChI=1S/C12H14BrNO2/c13-10-3-1-9(2-4-10)12(11(15)16)5-7-14-8-6-12/h1-4,14H,5-8H2,(H,15,16). The molecule has 16 heavy (non-hydrogen) atoms. The molecule has 0 atom stereocenters. The van der Waals surface area contributed by atoms with Crippen molar-refractivity contribution in [2.24, 2.45) is 0 Å². The Kier molecular flexibility index (Phi) is 3.30. The van der Waals surface area contributed by atoms with Crippen LogP contribution >= 0.6 is 15.9 Å². The minimum atomic E-state index is -0.712. The smallest absolute Gasteiger partial charge is 0.314 e. The van der Waals surface area contributed by atoms with Crippen molar-refractivity contribution >= 4 is 21.9 Å². The topological polar surface area (TPSA) is 49.3 Å². The zero-order valence-electron chi connectivity index (χ0n) is 8.87. The monoisotopic (exact) mass is 283 g/mol. The number of carbonyl (C=O) groups is 1. The number of piperidine rings is 1. The number of halogens is 1. The molecule has 1 aromatic rings. The Morgan fingerprint density at radius 1 is 1.25 bits per heavy atom. The van der Waals surface area contributed by atoms with Crippen LogP contribution in [0.1, 0.15) is 18.4 Å². The van der Waals surface area contributed by atoms with Gasteiger partial charge in [0.05, 0.1) is 5.41 Å². The van der Waals surface area contributed by atoms with Gasteiger partial charge in [-0.3, -0.25) is 4.79 Å². The van der Waals surface area contributed by atoms with Gasteiger partial charge in [0.2, 0.25) is 0 Å². The lowest BCUT2D eigenvalue weighted by molar-refractivity contribution is -0.145. The van der Waals surface area contributed by atoms with Gasteiger partial charge in [-0.05, 0) is 43.6 Å². The van der Waals surface area contributed by atoms with Crippen LogP contribution in [-0.2, 0) is 10.2 Å². The third-order valence-corrected chi connectivity index (χ3v) is 3.79. The van der Waals surface area contributed by atoms with Crippen molar-refractivity contribution in [1.82, 2.24) is 5.32 Å². The second-order valence-corrected chi connectivity index (χ2v) is 5.06. The number of benzene rings is 1. The lowest BCUT2D eigenvalue weighted by Gasteiger charge is -2.34. The van der Waals surface area contributed by atoms with Gasteiger partial charge >= 0.3 is 5.97 Å². The largest absolute Gasteiger partial charge is 0.481 e. The fraction of sp³-hybridized carbons (Fsp3) is 0.417. The van der Waals surface area contributed by atoms with E-state index in [0.717, 1.165) is 23.1 Å². The minimum absolute atomic E-state index is 0.657. The Labute approximate surface area is 103 Å². The molecule has 2 N–H and O–H groups in total. The highest BCUT2D eigenvalue weighted by Gasteiger charge is 2.41. The first-order valence-corrected chi connectivity index (χ1v) is 6.15. The van der Waals surface area contributed by atoms with Crippen molar-refractivity contribution in [3.05, 3.63) is 34.3 Å². The second kappa shape index (κ2) is 4.55. The van der Waals surface area contributed by atoms with Crippen LogP contribution < -0.4 is 5.32 Å². The van der Waals surface area contributed by atoms with Crippen LogP contribution in [0, 0.1) is 0 Å². The fourth-order valence-corrected chi connectivity index (χ4v) is 2.51. The minimum Gasteiger partial charge on any atom is -0.481 e. The van der Waals surface area contributed by atoms with Gasteiger partial charge in [0, 0.05) is 4.47 Å². The highest BCUT2D eigenvalue weighted by molar-refractivity contribution is 9.10. The maximum atomic E-state index is 11.5.